The van der Waals surface area contributed by atoms with E-state index in [0.29, 0.717) is 5.92 Å². The molecule has 2 aromatic rings. The van der Waals surface area contributed by atoms with Gasteiger partial charge < -0.3 is 0 Å². The van der Waals surface area contributed by atoms with E-state index in [2.05, 4.69) is 43.5 Å². The Balaban J connectivity index is 2.21. The number of rotatable bonds is 5. The molecule has 0 aliphatic heterocycles. The number of nitrogens with one attached hydrogen (secondary N) is 1. The van der Waals surface area contributed by atoms with Crippen molar-refractivity contribution in [2.24, 2.45) is 5.84 Å². The summed E-state index contributed by atoms with van der Waals surface area (Å²) in [6, 6.07) is 18.0. The number of thioether (sulfide) groups is 1. The molecule has 0 radical (unpaired) electrons. The molecule has 0 aliphatic rings. The van der Waals surface area contributed by atoms with Gasteiger partial charge in [-0.2, -0.15) is 0 Å². The molecule has 0 spiro atoms. The van der Waals surface area contributed by atoms with Crippen molar-refractivity contribution < 1.29 is 4.79 Å². The zero-order valence-corrected chi connectivity index (χ0v) is 13.1. The molecule has 110 valence electrons. The maximum absolute atomic E-state index is 12.0. The van der Waals surface area contributed by atoms with Gasteiger partial charge in [-0.1, -0.05) is 56.3 Å². The van der Waals surface area contributed by atoms with E-state index in [-0.39, 0.29) is 11.2 Å². The quantitative estimate of drug-likeness (QED) is 0.384. The number of nitrogens with two attached hydrogens (primary N) is 1. The molecule has 0 saturated carbocycles. The second kappa shape index (κ2) is 7.29. The Bertz CT molecular complexity index is 581. The van der Waals surface area contributed by atoms with Gasteiger partial charge in [0.1, 0.15) is 5.25 Å². The van der Waals surface area contributed by atoms with Crippen LogP contribution in [0.3, 0.4) is 0 Å². The van der Waals surface area contributed by atoms with E-state index < -0.39 is 0 Å². The summed E-state index contributed by atoms with van der Waals surface area (Å²) in [5, 5.41) is -0.346. The molecule has 1 atom stereocenters. The van der Waals surface area contributed by atoms with Crippen molar-refractivity contribution in [2.75, 3.05) is 0 Å². The van der Waals surface area contributed by atoms with Crippen LogP contribution in [-0.2, 0) is 4.79 Å². The van der Waals surface area contributed by atoms with E-state index in [4.69, 9.17) is 5.84 Å². The van der Waals surface area contributed by atoms with Crippen LogP contribution in [-0.4, -0.2) is 5.91 Å². The Labute approximate surface area is 129 Å². The monoisotopic (exact) mass is 300 g/mol. The van der Waals surface area contributed by atoms with Gasteiger partial charge in [-0.05, 0) is 29.2 Å². The Hall–Kier alpha value is -1.78. The Morgan fingerprint density at radius 2 is 1.62 bits per heavy atom. The van der Waals surface area contributed by atoms with E-state index in [0.717, 1.165) is 10.5 Å². The van der Waals surface area contributed by atoms with Gasteiger partial charge in [-0.3, -0.25) is 10.2 Å². The molecule has 2 rings (SSSR count). The fourth-order valence-corrected chi connectivity index (χ4v) is 3.08. The number of hydrazine groups is 1. The molecule has 0 saturated heterocycles. The summed E-state index contributed by atoms with van der Waals surface area (Å²) in [5.74, 6) is 5.62. The number of amides is 1. The first kappa shape index (κ1) is 15.6. The van der Waals surface area contributed by atoms with Crippen molar-refractivity contribution in [1.82, 2.24) is 5.43 Å². The molecule has 21 heavy (non-hydrogen) atoms. The second-order valence-electron chi connectivity index (χ2n) is 5.14. The lowest BCUT2D eigenvalue weighted by molar-refractivity contribution is -0.120. The number of benzene rings is 2. The van der Waals surface area contributed by atoms with E-state index in [1.54, 1.807) is 0 Å². The van der Waals surface area contributed by atoms with Crippen molar-refractivity contribution >= 4 is 17.7 Å². The van der Waals surface area contributed by atoms with Crippen LogP contribution >= 0.6 is 11.8 Å². The fraction of sp³-hybridized carbons (Fsp3) is 0.235. The first-order valence-electron chi connectivity index (χ1n) is 6.94. The zero-order valence-electron chi connectivity index (χ0n) is 12.2. The molecular formula is C17H20N2OS. The standard InChI is InChI=1S/C17H20N2OS/c1-12(2)13-8-10-15(11-9-13)21-16(17(20)19-18)14-6-4-3-5-7-14/h3-12,16H,18H2,1-2H3,(H,19,20). The lowest BCUT2D eigenvalue weighted by atomic mass is 10.0. The van der Waals surface area contributed by atoms with Crippen LogP contribution in [0.1, 0.15) is 36.1 Å². The summed E-state index contributed by atoms with van der Waals surface area (Å²) in [5.41, 5.74) is 4.49. The van der Waals surface area contributed by atoms with E-state index in [1.165, 1.54) is 17.3 Å². The van der Waals surface area contributed by atoms with Gasteiger partial charge in [0.2, 0.25) is 0 Å². The Kier molecular flexibility index (Phi) is 5.42. The molecule has 1 amide bonds. The van der Waals surface area contributed by atoms with Gasteiger partial charge in [0.05, 0.1) is 0 Å². The Morgan fingerprint density at radius 1 is 1.00 bits per heavy atom. The Morgan fingerprint density at radius 3 is 2.14 bits per heavy atom. The van der Waals surface area contributed by atoms with Gasteiger partial charge in [0, 0.05) is 4.90 Å². The van der Waals surface area contributed by atoms with Crippen LogP contribution in [0.2, 0.25) is 0 Å². The highest BCUT2D eigenvalue weighted by Crippen LogP contribution is 2.35. The van der Waals surface area contributed by atoms with Gasteiger partial charge >= 0.3 is 0 Å². The predicted molar refractivity (Wildman–Crippen MR) is 87.9 cm³/mol. The average molecular weight is 300 g/mol. The van der Waals surface area contributed by atoms with E-state index >= 15 is 0 Å². The zero-order chi connectivity index (χ0) is 15.2. The molecule has 1 unspecified atom stereocenters. The lowest BCUT2D eigenvalue weighted by Gasteiger charge is -2.16. The van der Waals surface area contributed by atoms with Crippen molar-refractivity contribution in [2.45, 2.75) is 29.9 Å². The highest BCUT2D eigenvalue weighted by molar-refractivity contribution is 8.00. The van der Waals surface area contributed by atoms with Gasteiger partial charge in [0.25, 0.3) is 5.91 Å². The van der Waals surface area contributed by atoms with Crippen LogP contribution in [0, 0.1) is 0 Å². The number of hydrogen-bond acceptors (Lipinski definition) is 3. The lowest BCUT2D eigenvalue weighted by Crippen LogP contribution is -2.33. The van der Waals surface area contributed by atoms with Crippen molar-refractivity contribution in [3.63, 3.8) is 0 Å². The molecule has 3 N–H and O–H groups in total. The largest absolute Gasteiger partial charge is 0.293 e. The molecule has 2 aromatic carbocycles. The maximum Gasteiger partial charge on any atom is 0.251 e. The number of carbonyl (C=O) groups is 1. The van der Waals surface area contributed by atoms with Crippen LogP contribution in [0.25, 0.3) is 0 Å². The average Bonchev–Trinajstić information content (AvgIpc) is 2.53. The predicted octanol–water partition coefficient (Wildman–Crippen LogP) is 3.63. The molecule has 0 fully saturated rings. The molecule has 3 nitrogen and oxygen atoms in total. The van der Waals surface area contributed by atoms with E-state index in [9.17, 15) is 4.79 Å². The molecule has 4 heteroatoms. The summed E-state index contributed by atoms with van der Waals surface area (Å²) in [6.07, 6.45) is 0. The second-order valence-corrected chi connectivity index (χ2v) is 6.32. The van der Waals surface area contributed by atoms with Crippen LogP contribution in [0.5, 0.6) is 0 Å². The van der Waals surface area contributed by atoms with Crippen molar-refractivity contribution in [1.29, 1.82) is 0 Å². The number of carbonyl (C=O) groups excluding carboxylic acids is 1. The summed E-state index contributed by atoms with van der Waals surface area (Å²) < 4.78 is 0. The SMILES string of the molecule is CC(C)c1ccc(SC(C(=O)NN)c2ccccc2)cc1. The van der Waals surface area contributed by atoms with Crippen LogP contribution in [0.4, 0.5) is 0 Å². The van der Waals surface area contributed by atoms with Crippen molar-refractivity contribution in [3.05, 3.63) is 65.7 Å². The molecule has 0 aliphatic carbocycles. The minimum atomic E-state index is -0.346. The minimum absolute atomic E-state index is 0.195. The highest BCUT2D eigenvalue weighted by atomic mass is 32.2. The minimum Gasteiger partial charge on any atom is -0.293 e. The van der Waals surface area contributed by atoms with Crippen molar-refractivity contribution in [3.8, 4) is 0 Å². The third kappa shape index (κ3) is 4.09. The van der Waals surface area contributed by atoms with Gasteiger partial charge in [0.15, 0.2) is 0 Å². The molecular weight excluding hydrogens is 280 g/mol. The molecule has 0 aromatic heterocycles. The summed E-state index contributed by atoms with van der Waals surface area (Å²) >= 11 is 1.50. The third-order valence-corrected chi connectivity index (χ3v) is 4.55. The number of hydrogen-bond donors (Lipinski definition) is 2. The first-order chi connectivity index (χ1) is 10.1. The third-order valence-electron chi connectivity index (χ3n) is 3.28. The topological polar surface area (TPSA) is 55.1 Å². The molecule has 0 bridgehead atoms. The normalized spacial score (nSPS) is 12.2. The summed E-state index contributed by atoms with van der Waals surface area (Å²) in [7, 11) is 0. The fourth-order valence-electron chi connectivity index (χ4n) is 2.04. The van der Waals surface area contributed by atoms with Crippen LogP contribution in [0.15, 0.2) is 59.5 Å². The smallest absolute Gasteiger partial charge is 0.251 e. The first-order valence-corrected chi connectivity index (χ1v) is 7.82. The maximum atomic E-state index is 12.0. The van der Waals surface area contributed by atoms with Crippen LogP contribution < -0.4 is 11.3 Å². The van der Waals surface area contributed by atoms with Gasteiger partial charge in [-0.15, -0.1) is 11.8 Å². The van der Waals surface area contributed by atoms with E-state index in [1.807, 2.05) is 30.3 Å². The summed E-state index contributed by atoms with van der Waals surface area (Å²) in [4.78, 5) is 13.1. The summed E-state index contributed by atoms with van der Waals surface area (Å²) in [6.45, 7) is 4.33. The molecule has 0 heterocycles. The van der Waals surface area contributed by atoms with Gasteiger partial charge in [-0.25, -0.2) is 5.84 Å². The highest BCUT2D eigenvalue weighted by Gasteiger charge is 2.21.